The SMILES string of the molecule is CCN(CCO)CCNc1nc2ccccn2c1C#N. The van der Waals surface area contributed by atoms with Crippen LogP contribution in [-0.2, 0) is 0 Å². The third kappa shape index (κ3) is 3.07. The Labute approximate surface area is 118 Å². The fourth-order valence-electron chi connectivity index (χ4n) is 2.13. The molecule has 0 saturated carbocycles. The number of aliphatic hydroxyl groups is 1. The Hall–Kier alpha value is -2.10. The molecule has 106 valence electrons. The molecule has 2 aromatic heterocycles. The Morgan fingerprint density at radius 1 is 1.45 bits per heavy atom. The molecular formula is C14H19N5O. The summed E-state index contributed by atoms with van der Waals surface area (Å²) in [7, 11) is 0. The summed E-state index contributed by atoms with van der Waals surface area (Å²) in [6, 6.07) is 7.82. The molecule has 20 heavy (non-hydrogen) atoms. The van der Waals surface area contributed by atoms with Crippen LogP contribution in [0.4, 0.5) is 5.82 Å². The maximum absolute atomic E-state index is 9.25. The normalized spacial score (nSPS) is 10.9. The summed E-state index contributed by atoms with van der Waals surface area (Å²) in [6.45, 7) is 5.25. The lowest BCUT2D eigenvalue weighted by Gasteiger charge is -2.18. The van der Waals surface area contributed by atoms with Crippen LogP contribution in [0.25, 0.3) is 5.65 Å². The van der Waals surface area contributed by atoms with Crippen LogP contribution < -0.4 is 5.32 Å². The molecule has 0 aliphatic carbocycles. The molecule has 0 aliphatic heterocycles. The van der Waals surface area contributed by atoms with Gasteiger partial charge in [-0.25, -0.2) is 4.98 Å². The van der Waals surface area contributed by atoms with Gasteiger partial charge in [-0.1, -0.05) is 13.0 Å². The molecule has 0 amide bonds. The number of nitrogens with one attached hydrogen (secondary N) is 1. The maximum Gasteiger partial charge on any atom is 0.168 e. The Bertz CT molecular complexity index is 601. The molecule has 0 fully saturated rings. The maximum atomic E-state index is 9.25. The summed E-state index contributed by atoms with van der Waals surface area (Å²) < 4.78 is 1.77. The van der Waals surface area contributed by atoms with E-state index in [1.54, 1.807) is 4.40 Å². The Balaban J connectivity index is 2.05. The molecule has 0 atom stereocenters. The van der Waals surface area contributed by atoms with E-state index in [4.69, 9.17) is 5.11 Å². The van der Waals surface area contributed by atoms with Crippen LogP contribution in [0.15, 0.2) is 24.4 Å². The fraction of sp³-hybridized carbons (Fsp3) is 0.429. The van der Waals surface area contributed by atoms with E-state index in [2.05, 4.69) is 28.2 Å². The number of fused-ring (bicyclic) bond motifs is 1. The number of nitriles is 1. The van der Waals surface area contributed by atoms with Crippen molar-refractivity contribution in [2.45, 2.75) is 6.92 Å². The van der Waals surface area contributed by atoms with Crippen molar-refractivity contribution < 1.29 is 5.11 Å². The van der Waals surface area contributed by atoms with Gasteiger partial charge in [-0.15, -0.1) is 0 Å². The van der Waals surface area contributed by atoms with Gasteiger partial charge in [0.2, 0.25) is 0 Å². The molecule has 0 aliphatic rings. The smallest absolute Gasteiger partial charge is 0.168 e. The standard InChI is InChI=1S/C14H19N5O/c1-2-18(9-10-20)8-6-16-14-12(11-15)19-7-4-3-5-13(19)17-14/h3-5,7,16,20H,2,6,8-10H2,1H3. The number of aliphatic hydroxyl groups excluding tert-OH is 1. The number of anilines is 1. The predicted octanol–water partition coefficient (Wildman–Crippen LogP) is 0.932. The molecule has 0 saturated heterocycles. The minimum Gasteiger partial charge on any atom is -0.395 e. The van der Waals surface area contributed by atoms with Crippen molar-refractivity contribution in [3.8, 4) is 6.07 Å². The number of hydrogen-bond donors (Lipinski definition) is 2. The summed E-state index contributed by atoms with van der Waals surface area (Å²) in [5.41, 5.74) is 1.28. The molecule has 2 N–H and O–H groups in total. The van der Waals surface area contributed by atoms with Crippen LogP contribution in [-0.4, -0.2) is 52.2 Å². The summed E-state index contributed by atoms with van der Waals surface area (Å²) in [5, 5.41) is 21.4. The molecule has 2 rings (SSSR count). The predicted molar refractivity (Wildman–Crippen MR) is 77.6 cm³/mol. The first-order chi connectivity index (χ1) is 9.80. The highest BCUT2D eigenvalue weighted by molar-refractivity contribution is 5.58. The average Bonchev–Trinajstić information content (AvgIpc) is 2.83. The Kier molecular flexibility index (Phi) is 4.93. The van der Waals surface area contributed by atoms with E-state index in [9.17, 15) is 5.26 Å². The van der Waals surface area contributed by atoms with Gasteiger partial charge in [-0.2, -0.15) is 5.26 Å². The minimum absolute atomic E-state index is 0.158. The van der Waals surface area contributed by atoms with Crippen LogP contribution >= 0.6 is 0 Å². The number of rotatable bonds is 7. The number of hydrogen-bond acceptors (Lipinski definition) is 5. The van der Waals surface area contributed by atoms with Crippen molar-refractivity contribution in [3.63, 3.8) is 0 Å². The molecule has 0 radical (unpaired) electrons. The molecule has 2 aromatic rings. The summed E-state index contributed by atoms with van der Waals surface area (Å²) in [5.74, 6) is 0.610. The van der Waals surface area contributed by atoms with Crippen LogP contribution in [0.1, 0.15) is 12.6 Å². The monoisotopic (exact) mass is 273 g/mol. The molecular weight excluding hydrogens is 254 g/mol. The van der Waals surface area contributed by atoms with Crippen LogP contribution in [0.3, 0.4) is 0 Å². The minimum atomic E-state index is 0.158. The molecule has 6 nitrogen and oxygen atoms in total. The van der Waals surface area contributed by atoms with Gasteiger partial charge in [-0.3, -0.25) is 9.30 Å². The zero-order valence-electron chi connectivity index (χ0n) is 11.6. The van der Waals surface area contributed by atoms with E-state index >= 15 is 0 Å². The molecule has 0 unspecified atom stereocenters. The molecule has 0 aromatic carbocycles. The van der Waals surface area contributed by atoms with Crippen molar-refractivity contribution >= 4 is 11.5 Å². The largest absolute Gasteiger partial charge is 0.395 e. The van der Waals surface area contributed by atoms with Gasteiger partial charge in [-0.05, 0) is 18.7 Å². The third-order valence-electron chi connectivity index (χ3n) is 3.22. The first-order valence-electron chi connectivity index (χ1n) is 6.74. The van der Waals surface area contributed by atoms with Gasteiger partial charge in [0.1, 0.15) is 11.7 Å². The quantitative estimate of drug-likeness (QED) is 0.785. The van der Waals surface area contributed by atoms with Gasteiger partial charge in [0.25, 0.3) is 0 Å². The van der Waals surface area contributed by atoms with Crippen molar-refractivity contribution in [2.75, 3.05) is 38.1 Å². The first-order valence-corrected chi connectivity index (χ1v) is 6.74. The van der Waals surface area contributed by atoms with Gasteiger partial charge >= 0.3 is 0 Å². The summed E-state index contributed by atoms with van der Waals surface area (Å²) >= 11 is 0. The van der Waals surface area contributed by atoms with Gasteiger partial charge in [0.15, 0.2) is 11.5 Å². The topological polar surface area (TPSA) is 76.6 Å². The van der Waals surface area contributed by atoms with E-state index in [1.807, 2.05) is 24.4 Å². The van der Waals surface area contributed by atoms with Crippen molar-refractivity contribution in [2.24, 2.45) is 0 Å². The van der Waals surface area contributed by atoms with E-state index in [0.717, 1.165) is 18.7 Å². The van der Waals surface area contributed by atoms with E-state index in [1.165, 1.54) is 0 Å². The highest BCUT2D eigenvalue weighted by atomic mass is 16.3. The van der Waals surface area contributed by atoms with Gasteiger partial charge < -0.3 is 10.4 Å². The zero-order valence-corrected chi connectivity index (χ0v) is 11.6. The highest BCUT2D eigenvalue weighted by Crippen LogP contribution is 2.16. The van der Waals surface area contributed by atoms with Crippen LogP contribution in [0.5, 0.6) is 0 Å². The van der Waals surface area contributed by atoms with Crippen molar-refractivity contribution in [1.82, 2.24) is 14.3 Å². The van der Waals surface area contributed by atoms with Crippen LogP contribution in [0, 0.1) is 11.3 Å². The fourth-order valence-corrected chi connectivity index (χ4v) is 2.13. The number of pyridine rings is 1. The van der Waals surface area contributed by atoms with Gasteiger partial charge in [0.05, 0.1) is 6.61 Å². The second kappa shape index (κ2) is 6.89. The van der Waals surface area contributed by atoms with E-state index < -0.39 is 0 Å². The third-order valence-corrected chi connectivity index (χ3v) is 3.22. The van der Waals surface area contributed by atoms with Crippen molar-refractivity contribution in [1.29, 1.82) is 5.26 Å². The molecule has 0 bridgehead atoms. The highest BCUT2D eigenvalue weighted by Gasteiger charge is 2.11. The van der Waals surface area contributed by atoms with Gasteiger partial charge in [0, 0.05) is 25.8 Å². The Morgan fingerprint density at radius 3 is 3.00 bits per heavy atom. The number of imidazole rings is 1. The lowest BCUT2D eigenvalue weighted by molar-refractivity contribution is 0.206. The average molecular weight is 273 g/mol. The summed E-state index contributed by atoms with van der Waals surface area (Å²) in [6.07, 6.45) is 1.83. The lowest BCUT2D eigenvalue weighted by Crippen LogP contribution is -2.31. The molecule has 0 spiro atoms. The summed E-state index contributed by atoms with van der Waals surface area (Å²) in [4.78, 5) is 6.55. The molecule has 6 heteroatoms. The van der Waals surface area contributed by atoms with Crippen LogP contribution in [0.2, 0.25) is 0 Å². The lowest BCUT2D eigenvalue weighted by atomic mass is 10.4. The second-order valence-corrected chi connectivity index (χ2v) is 4.43. The number of likely N-dealkylation sites (N-methyl/N-ethyl adjacent to an activating group) is 1. The first kappa shape index (κ1) is 14.3. The zero-order chi connectivity index (χ0) is 14.4. The van der Waals surface area contributed by atoms with E-state index in [-0.39, 0.29) is 6.61 Å². The second-order valence-electron chi connectivity index (χ2n) is 4.43. The van der Waals surface area contributed by atoms with E-state index in [0.29, 0.717) is 24.6 Å². The Morgan fingerprint density at radius 2 is 2.30 bits per heavy atom. The number of aromatic nitrogens is 2. The number of nitrogens with zero attached hydrogens (tertiary/aromatic N) is 4. The van der Waals surface area contributed by atoms with Crippen molar-refractivity contribution in [3.05, 3.63) is 30.1 Å². The molecule has 2 heterocycles.